The number of rotatable bonds is 8. The van der Waals surface area contributed by atoms with Crippen molar-refractivity contribution >= 4 is 46.4 Å². The number of nitrogens with one attached hydrogen (secondary N) is 4. The third-order valence-corrected chi connectivity index (χ3v) is 5.17. The van der Waals surface area contributed by atoms with Crippen LogP contribution in [-0.4, -0.2) is 23.0 Å². The molecule has 1 aromatic heterocycles. The Labute approximate surface area is 200 Å². The fourth-order valence-electron chi connectivity index (χ4n) is 2.97. The molecule has 174 valence electrons. The van der Waals surface area contributed by atoms with Gasteiger partial charge in [0.15, 0.2) is 11.6 Å². The zero-order valence-electron chi connectivity index (χ0n) is 17.9. The summed E-state index contributed by atoms with van der Waals surface area (Å²) >= 11 is 6.11. The minimum atomic E-state index is -0.810. The summed E-state index contributed by atoms with van der Waals surface area (Å²) in [7, 11) is 0. The summed E-state index contributed by atoms with van der Waals surface area (Å²) in [5.74, 6) is -0.579. The van der Waals surface area contributed by atoms with Crippen LogP contribution in [0.1, 0.15) is 12.8 Å². The van der Waals surface area contributed by atoms with E-state index in [9.17, 15) is 14.0 Å². The summed E-state index contributed by atoms with van der Waals surface area (Å²) in [5.41, 5.74) is 1.27. The largest absolute Gasteiger partial charge is 0.454 e. The highest BCUT2D eigenvalue weighted by Crippen LogP contribution is 2.35. The van der Waals surface area contributed by atoms with E-state index in [4.69, 9.17) is 16.3 Å². The van der Waals surface area contributed by atoms with Gasteiger partial charge in [-0.05, 0) is 49.2 Å². The number of hydrogen-bond donors (Lipinski definition) is 4. The molecular weight excluding hydrogens is 461 g/mol. The molecule has 0 saturated heterocycles. The fraction of sp³-hybridized carbons (Fsp3) is 0.125. The van der Waals surface area contributed by atoms with Crippen molar-refractivity contribution in [1.82, 2.24) is 10.3 Å². The normalized spacial score (nSPS) is 12.4. The van der Waals surface area contributed by atoms with Gasteiger partial charge in [-0.15, -0.1) is 0 Å². The summed E-state index contributed by atoms with van der Waals surface area (Å²) in [4.78, 5) is 27.8. The van der Waals surface area contributed by atoms with Gasteiger partial charge < -0.3 is 26.0 Å². The Hall–Kier alpha value is -4.11. The molecule has 1 aliphatic carbocycles. The van der Waals surface area contributed by atoms with Crippen molar-refractivity contribution in [1.29, 1.82) is 0 Å². The second-order valence-corrected chi connectivity index (χ2v) is 7.83. The molecule has 0 bridgehead atoms. The highest BCUT2D eigenvalue weighted by atomic mass is 35.5. The van der Waals surface area contributed by atoms with Crippen LogP contribution < -0.4 is 26.0 Å². The molecular formula is C24H21ClFN5O3. The molecule has 0 aliphatic heterocycles. The first-order valence-electron chi connectivity index (χ1n) is 10.4. The van der Waals surface area contributed by atoms with Gasteiger partial charge in [-0.25, -0.2) is 14.2 Å². The molecule has 3 amide bonds. The van der Waals surface area contributed by atoms with Crippen LogP contribution >= 0.6 is 11.6 Å². The highest BCUT2D eigenvalue weighted by molar-refractivity contribution is 6.34. The Morgan fingerprint density at radius 3 is 2.59 bits per heavy atom. The Balaban J connectivity index is 1.47. The van der Waals surface area contributed by atoms with Crippen molar-refractivity contribution in [2.24, 2.45) is 0 Å². The lowest BCUT2D eigenvalue weighted by molar-refractivity contribution is -0.111. The Morgan fingerprint density at radius 1 is 1.09 bits per heavy atom. The lowest BCUT2D eigenvalue weighted by atomic mass is 10.2. The Morgan fingerprint density at radius 2 is 1.85 bits per heavy atom. The number of hydrogen-bond acceptors (Lipinski definition) is 5. The van der Waals surface area contributed by atoms with Crippen molar-refractivity contribution in [3.63, 3.8) is 0 Å². The molecule has 4 rings (SSSR count). The zero-order valence-corrected chi connectivity index (χ0v) is 18.7. The highest BCUT2D eigenvalue weighted by Gasteiger charge is 2.24. The predicted octanol–water partition coefficient (Wildman–Crippen LogP) is 5.82. The number of amides is 3. The van der Waals surface area contributed by atoms with Gasteiger partial charge in [0, 0.05) is 18.3 Å². The third-order valence-electron chi connectivity index (χ3n) is 4.80. The quantitative estimate of drug-likeness (QED) is 0.303. The van der Waals surface area contributed by atoms with Gasteiger partial charge in [-0.1, -0.05) is 30.3 Å². The number of benzene rings is 2. The molecule has 0 radical (unpaired) electrons. The molecule has 8 nitrogen and oxygen atoms in total. The summed E-state index contributed by atoms with van der Waals surface area (Å²) in [6.45, 7) is 3.44. The van der Waals surface area contributed by atoms with Gasteiger partial charge in [0.05, 0.1) is 17.1 Å². The summed E-state index contributed by atoms with van der Waals surface area (Å²) in [5, 5.41) is 10.8. The number of ether oxygens (including phenoxy) is 1. The van der Waals surface area contributed by atoms with Crippen molar-refractivity contribution in [3.8, 4) is 11.5 Å². The smallest absolute Gasteiger partial charge is 0.319 e. The van der Waals surface area contributed by atoms with Crippen LogP contribution in [-0.2, 0) is 4.79 Å². The molecule has 2 aromatic carbocycles. The van der Waals surface area contributed by atoms with E-state index in [0.29, 0.717) is 22.9 Å². The van der Waals surface area contributed by atoms with Gasteiger partial charge in [0.1, 0.15) is 16.6 Å². The van der Waals surface area contributed by atoms with E-state index in [0.717, 1.165) is 12.8 Å². The van der Waals surface area contributed by atoms with E-state index in [1.807, 2.05) is 0 Å². The molecule has 1 fully saturated rings. The Bertz CT molecular complexity index is 1250. The standard InChI is InChI=1S/C24H21ClFN5O3/c1-2-21(32)30-17-6-4-3-5-16(17)29-20-13-15(11-12-27-20)34-19-10-9-18(22(25)23(19)26)31-24(33)28-14-7-8-14/h2-6,9-14H,1,7-8H2,(H,27,29)(H,30,32)(H2,28,31,33). The predicted molar refractivity (Wildman–Crippen MR) is 129 cm³/mol. The van der Waals surface area contributed by atoms with Crippen molar-refractivity contribution in [2.45, 2.75) is 18.9 Å². The second-order valence-electron chi connectivity index (χ2n) is 7.45. The van der Waals surface area contributed by atoms with Crippen molar-refractivity contribution in [2.75, 3.05) is 16.0 Å². The summed E-state index contributed by atoms with van der Waals surface area (Å²) < 4.78 is 20.5. The van der Waals surface area contributed by atoms with Gasteiger partial charge in [0.2, 0.25) is 5.91 Å². The second kappa shape index (κ2) is 10.2. The molecule has 1 heterocycles. The maximum absolute atomic E-state index is 14.8. The first kappa shape index (κ1) is 23.1. The molecule has 0 atom stereocenters. The molecule has 34 heavy (non-hydrogen) atoms. The average Bonchev–Trinajstić information content (AvgIpc) is 3.64. The fourth-order valence-corrected chi connectivity index (χ4v) is 3.17. The average molecular weight is 482 g/mol. The van der Waals surface area contributed by atoms with Crippen LogP contribution in [0.25, 0.3) is 0 Å². The number of nitrogens with zero attached hydrogens (tertiary/aromatic N) is 1. The third kappa shape index (κ3) is 5.81. The van der Waals surface area contributed by atoms with Crippen LogP contribution in [0.4, 0.5) is 32.1 Å². The lowest BCUT2D eigenvalue weighted by Gasteiger charge is -2.14. The number of carbonyl (C=O) groups excluding carboxylic acids is 2. The first-order chi connectivity index (χ1) is 16.4. The van der Waals surface area contributed by atoms with E-state index >= 15 is 0 Å². The van der Waals surface area contributed by atoms with E-state index in [1.165, 1.54) is 24.4 Å². The molecule has 0 spiro atoms. The van der Waals surface area contributed by atoms with Crippen molar-refractivity contribution < 1.29 is 18.7 Å². The van der Waals surface area contributed by atoms with Crippen LogP contribution in [0.2, 0.25) is 5.02 Å². The summed E-state index contributed by atoms with van der Waals surface area (Å²) in [6, 6.07) is 12.7. The van der Waals surface area contributed by atoms with Crippen LogP contribution in [0.15, 0.2) is 67.4 Å². The zero-order chi connectivity index (χ0) is 24.1. The number of anilines is 4. The maximum Gasteiger partial charge on any atom is 0.319 e. The first-order valence-corrected chi connectivity index (χ1v) is 10.8. The minimum absolute atomic E-state index is 0.117. The van der Waals surface area contributed by atoms with E-state index in [-0.39, 0.29) is 28.4 Å². The number of urea groups is 1. The topological polar surface area (TPSA) is 104 Å². The Kier molecular flexibility index (Phi) is 6.93. The van der Waals surface area contributed by atoms with E-state index < -0.39 is 11.8 Å². The number of aromatic nitrogens is 1. The monoisotopic (exact) mass is 481 g/mol. The molecule has 4 N–H and O–H groups in total. The summed E-state index contributed by atoms with van der Waals surface area (Å²) in [6.07, 6.45) is 4.52. The molecule has 3 aromatic rings. The van der Waals surface area contributed by atoms with Gasteiger partial charge in [-0.2, -0.15) is 0 Å². The van der Waals surface area contributed by atoms with Crippen LogP contribution in [0, 0.1) is 5.82 Å². The van der Waals surface area contributed by atoms with Gasteiger partial charge >= 0.3 is 6.03 Å². The van der Waals surface area contributed by atoms with E-state index in [1.54, 1.807) is 36.4 Å². The lowest BCUT2D eigenvalue weighted by Crippen LogP contribution is -2.30. The molecule has 1 aliphatic rings. The maximum atomic E-state index is 14.8. The number of pyridine rings is 1. The van der Waals surface area contributed by atoms with Crippen LogP contribution in [0.3, 0.4) is 0 Å². The van der Waals surface area contributed by atoms with Crippen LogP contribution in [0.5, 0.6) is 11.5 Å². The molecule has 10 heteroatoms. The number of para-hydroxylation sites is 2. The number of carbonyl (C=O) groups is 2. The molecule has 0 unspecified atom stereocenters. The SMILES string of the molecule is C=CC(=O)Nc1ccccc1Nc1cc(Oc2ccc(NC(=O)NC3CC3)c(Cl)c2F)ccn1. The van der Waals surface area contributed by atoms with Gasteiger partial charge in [-0.3, -0.25) is 4.79 Å². The van der Waals surface area contributed by atoms with Crippen molar-refractivity contribution in [3.05, 3.63) is 78.2 Å². The molecule has 1 saturated carbocycles. The number of halogens is 2. The minimum Gasteiger partial charge on any atom is -0.454 e. The van der Waals surface area contributed by atoms with Gasteiger partial charge in [0.25, 0.3) is 0 Å². The van der Waals surface area contributed by atoms with E-state index in [2.05, 4.69) is 32.8 Å².